The number of rotatable bonds is 2. The number of hydrogen-bond donors (Lipinski definition) is 3. The number of urea groups is 1. The van der Waals surface area contributed by atoms with Crippen LogP contribution in [0.5, 0.6) is 0 Å². The highest BCUT2D eigenvalue weighted by Crippen LogP contribution is 2.21. The monoisotopic (exact) mass is 325 g/mol. The SMILES string of the molecule is Cc1cc(C)cc(NC(=O)Nc2cc(F)c3[nH]c(=O)ccc3c2)c1. The summed E-state index contributed by atoms with van der Waals surface area (Å²) in [4.78, 5) is 25.8. The molecule has 0 saturated heterocycles. The molecule has 6 heteroatoms. The second-order valence-corrected chi connectivity index (χ2v) is 5.70. The van der Waals surface area contributed by atoms with Gasteiger partial charge >= 0.3 is 6.03 Å². The summed E-state index contributed by atoms with van der Waals surface area (Å²) < 4.78 is 14.1. The Bertz CT molecular complexity index is 975. The van der Waals surface area contributed by atoms with Crippen molar-refractivity contribution >= 4 is 28.3 Å². The number of aromatic nitrogens is 1. The Hall–Kier alpha value is -3.15. The van der Waals surface area contributed by atoms with Crippen molar-refractivity contribution in [3.8, 4) is 0 Å². The van der Waals surface area contributed by atoms with Crippen molar-refractivity contribution in [3.05, 3.63) is 69.8 Å². The highest BCUT2D eigenvalue weighted by molar-refractivity contribution is 6.01. The van der Waals surface area contributed by atoms with E-state index in [0.717, 1.165) is 11.1 Å². The first kappa shape index (κ1) is 15.7. The minimum atomic E-state index is -0.605. The van der Waals surface area contributed by atoms with E-state index in [4.69, 9.17) is 0 Å². The van der Waals surface area contributed by atoms with Crippen LogP contribution in [0.2, 0.25) is 0 Å². The summed E-state index contributed by atoms with van der Waals surface area (Å²) in [6.07, 6.45) is 0. The summed E-state index contributed by atoms with van der Waals surface area (Å²) in [5, 5.41) is 5.81. The number of halogens is 1. The fourth-order valence-electron chi connectivity index (χ4n) is 2.63. The second kappa shape index (κ2) is 6.16. The molecule has 2 amide bonds. The van der Waals surface area contributed by atoms with Crippen molar-refractivity contribution in [1.29, 1.82) is 0 Å². The van der Waals surface area contributed by atoms with Crippen molar-refractivity contribution in [2.75, 3.05) is 10.6 Å². The van der Waals surface area contributed by atoms with E-state index in [0.29, 0.717) is 16.8 Å². The Morgan fingerprint density at radius 2 is 1.58 bits per heavy atom. The quantitative estimate of drug-likeness (QED) is 0.668. The Balaban J connectivity index is 1.82. The lowest BCUT2D eigenvalue weighted by Crippen LogP contribution is -2.19. The molecule has 0 radical (unpaired) electrons. The molecule has 0 aliphatic carbocycles. The van der Waals surface area contributed by atoms with Gasteiger partial charge in [0.05, 0.1) is 5.52 Å². The maximum absolute atomic E-state index is 14.1. The predicted octanol–water partition coefficient (Wildman–Crippen LogP) is 3.93. The van der Waals surface area contributed by atoms with E-state index in [-0.39, 0.29) is 11.1 Å². The second-order valence-electron chi connectivity index (χ2n) is 5.70. The van der Waals surface area contributed by atoms with Crippen molar-refractivity contribution in [3.63, 3.8) is 0 Å². The topological polar surface area (TPSA) is 74.0 Å². The number of carbonyl (C=O) groups is 1. The highest BCUT2D eigenvalue weighted by Gasteiger charge is 2.08. The molecule has 3 rings (SSSR count). The smallest absolute Gasteiger partial charge is 0.319 e. The van der Waals surface area contributed by atoms with Crippen molar-refractivity contribution in [2.45, 2.75) is 13.8 Å². The third-order valence-electron chi connectivity index (χ3n) is 3.52. The van der Waals surface area contributed by atoms with Crippen LogP contribution in [0.25, 0.3) is 10.9 Å². The zero-order valence-electron chi connectivity index (χ0n) is 13.2. The van der Waals surface area contributed by atoms with E-state index < -0.39 is 11.8 Å². The van der Waals surface area contributed by atoms with Gasteiger partial charge < -0.3 is 15.6 Å². The van der Waals surface area contributed by atoms with E-state index in [1.165, 1.54) is 18.2 Å². The Labute approximate surface area is 137 Å². The van der Waals surface area contributed by atoms with E-state index in [9.17, 15) is 14.0 Å². The van der Waals surface area contributed by atoms with Crippen LogP contribution in [0.1, 0.15) is 11.1 Å². The number of H-pyrrole nitrogens is 1. The largest absolute Gasteiger partial charge is 0.323 e. The number of aryl methyl sites for hydroxylation is 2. The molecule has 3 aromatic rings. The molecule has 1 aromatic heterocycles. The van der Waals surface area contributed by atoms with Crippen molar-refractivity contribution in [2.24, 2.45) is 0 Å². The summed E-state index contributed by atoms with van der Waals surface area (Å²) in [5.41, 5.74) is 2.76. The summed E-state index contributed by atoms with van der Waals surface area (Å²) in [7, 11) is 0. The lowest BCUT2D eigenvalue weighted by atomic mass is 10.1. The third-order valence-corrected chi connectivity index (χ3v) is 3.52. The standard InChI is InChI=1S/C18H16FN3O2/c1-10-5-11(2)7-13(6-10)20-18(24)21-14-8-12-3-4-16(23)22-17(12)15(19)9-14/h3-9H,1-2H3,(H,22,23)(H2,20,21,24). The fraction of sp³-hybridized carbons (Fsp3) is 0.111. The van der Waals surface area contributed by atoms with Crippen molar-refractivity contribution < 1.29 is 9.18 Å². The molecule has 122 valence electrons. The molecule has 0 saturated carbocycles. The maximum atomic E-state index is 14.1. The van der Waals surface area contributed by atoms with Gasteiger partial charge in [-0.1, -0.05) is 6.07 Å². The maximum Gasteiger partial charge on any atom is 0.323 e. The molecule has 0 fully saturated rings. The van der Waals surface area contributed by atoms with Gasteiger partial charge in [0.15, 0.2) is 0 Å². The number of hydrogen-bond acceptors (Lipinski definition) is 2. The van der Waals surface area contributed by atoms with Crippen LogP contribution in [0.15, 0.2) is 47.3 Å². The summed E-state index contributed by atoms with van der Waals surface area (Å²) in [6.45, 7) is 3.88. The molecule has 5 nitrogen and oxygen atoms in total. The van der Waals surface area contributed by atoms with Gasteiger partial charge in [-0.3, -0.25) is 4.79 Å². The van der Waals surface area contributed by atoms with Gasteiger partial charge in [-0.2, -0.15) is 0 Å². The Kier molecular flexibility index (Phi) is 4.04. The number of amides is 2. The normalized spacial score (nSPS) is 10.6. The van der Waals surface area contributed by atoms with Crippen LogP contribution in [-0.2, 0) is 0 Å². The van der Waals surface area contributed by atoms with Gasteiger partial charge in [0.25, 0.3) is 0 Å². The van der Waals surface area contributed by atoms with E-state index in [2.05, 4.69) is 15.6 Å². The minimum Gasteiger partial charge on any atom is -0.319 e. The van der Waals surface area contributed by atoms with Gasteiger partial charge in [0, 0.05) is 22.8 Å². The van der Waals surface area contributed by atoms with Gasteiger partial charge in [-0.25, -0.2) is 9.18 Å². The zero-order valence-corrected chi connectivity index (χ0v) is 13.2. The van der Waals surface area contributed by atoms with Gasteiger partial charge in [-0.05, 0) is 55.3 Å². The van der Waals surface area contributed by atoms with E-state index in [1.807, 2.05) is 32.0 Å². The predicted molar refractivity (Wildman–Crippen MR) is 93.1 cm³/mol. The number of anilines is 2. The van der Waals surface area contributed by atoms with Crippen LogP contribution in [0.3, 0.4) is 0 Å². The van der Waals surface area contributed by atoms with E-state index in [1.54, 1.807) is 6.07 Å². The minimum absolute atomic E-state index is 0.114. The van der Waals surface area contributed by atoms with Crippen LogP contribution in [-0.4, -0.2) is 11.0 Å². The van der Waals surface area contributed by atoms with Crippen LogP contribution in [0, 0.1) is 19.7 Å². The van der Waals surface area contributed by atoms with E-state index >= 15 is 0 Å². The molecule has 2 aromatic carbocycles. The number of fused-ring (bicyclic) bond motifs is 1. The molecule has 3 N–H and O–H groups in total. The Morgan fingerprint density at radius 3 is 2.25 bits per heavy atom. The van der Waals surface area contributed by atoms with Gasteiger partial charge in [0.2, 0.25) is 5.56 Å². The number of carbonyl (C=O) groups excluding carboxylic acids is 1. The first-order valence-electron chi connectivity index (χ1n) is 7.39. The van der Waals surface area contributed by atoms with Gasteiger partial charge in [-0.15, -0.1) is 0 Å². The molecular formula is C18H16FN3O2. The number of benzene rings is 2. The van der Waals surface area contributed by atoms with Gasteiger partial charge in [0.1, 0.15) is 5.82 Å². The average molecular weight is 325 g/mol. The number of pyridine rings is 1. The summed E-state index contributed by atoms with van der Waals surface area (Å²) >= 11 is 0. The number of aromatic amines is 1. The van der Waals surface area contributed by atoms with Crippen LogP contribution >= 0.6 is 0 Å². The van der Waals surface area contributed by atoms with Crippen LogP contribution in [0.4, 0.5) is 20.6 Å². The fourth-order valence-corrected chi connectivity index (χ4v) is 2.63. The zero-order chi connectivity index (χ0) is 17.3. The lowest BCUT2D eigenvalue weighted by Gasteiger charge is -2.10. The van der Waals surface area contributed by atoms with Crippen LogP contribution < -0.4 is 16.2 Å². The number of nitrogens with one attached hydrogen (secondary N) is 3. The average Bonchev–Trinajstić information content (AvgIpc) is 2.47. The molecule has 0 atom stereocenters. The molecule has 0 spiro atoms. The Morgan fingerprint density at radius 1 is 0.958 bits per heavy atom. The first-order valence-corrected chi connectivity index (χ1v) is 7.39. The summed E-state index contributed by atoms with van der Waals surface area (Å²) in [5.74, 6) is -0.605. The van der Waals surface area contributed by atoms with Crippen molar-refractivity contribution in [1.82, 2.24) is 4.98 Å². The molecule has 0 unspecified atom stereocenters. The molecule has 24 heavy (non-hydrogen) atoms. The molecule has 0 aliphatic rings. The lowest BCUT2D eigenvalue weighted by molar-refractivity contribution is 0.262. The molecule has 0 bridgehead atoms. The summed E-state index contributed by atoms with van der Waals surface area (Å²) in [6, 6.07) is 10.8. The molecular weight excluding hydrogens is 309 g/mol. The third kappa shape index (κ3) is 3.43. The molecule has 0 aliphatic heterocycles. The first-order chi connectivity index (χ1) is 11.4. The molecule has 1 heterocycles. The highest BCUT2D eigenvalue weighted by atomic mass is 19.1.